The molecule has 0 aromatic carbocycles. The van der Waals surface area contributed by atoms with Gasteiger partial charge in [-0.25, -0.2) is 4.98 Å². The lowest BCUT2D eigenvalue weighted by atomic mass is 9.84. The molecule has 4 aromatic heterocycles. The standard InChI is InChI=1S/C23H20F2N4/c1-15-12-13-29(14-15)21-9-5-8-19(27-21)23(2,3)18-7-4-6-17(26-18)16-10-11-20(24)28-22(16)25/h4-14H,1-3H3. The summed E-state index contributed by atoms with van der Waals surface area (Å²) in [4.78, 5) is 12.7. The third kappa shape index (κ3) is 3.66. The van der Waals surface area contributed by atoms with Gasteiger partial charge >= 0.3 is 0 Å². The van der Waals surface area contributed by atoms with Crippen molar-refractivity contribution in [2.75, 3.05) is 0 Å². The van der Waals surface area contributed by atoms with E-state index in [1.54, 1.807) is 12.1 Å². The van der Waals surface area contributed by atoms with E-state index in [9.17, 15) is 8.78 Å². The average molecular weight is 390 g/mol. The van der Waals surface area contributed by atoms with Crippen LogP contribution in [0.2, 0.25) is 0 Å². The lowest BCUT2D eigenvalue weighted by molar-refractivity contribution is 0.514. The predicted molar refractivity (Wildman–Crippen MR) is 108 cm³/mol. The molecule has 4 rings (SSSR count). The van der Waals surface area contributed by atoms with Crippen LogP contribution in [0.3, 0.4) is 0 Å². The van der Waals surface area contributed by atoms with Crippen molar-refractivity contribution in [3.63, 3.8) is 0 Å². The van der Waals surface area contributed by atoms with Crippen molar-refractivity contribution in [1.82, 2.24) is 19.5 Å². The van der Waals surface area contributed by atoms with Crippen LogP contribution in [0.15, 0.2) is 67.0 Å². The van der Waals surface area contributed by atoms with E-state index in [1.165, 1.54) is 6.07 Å². The highest BCUT2D eigenvalue weighted by molar-refractivity contribution is 5.59. The van der Waals surface area contributed by atoms with E-state index in [-0.39, 0.29) is 5.56 Å². The Hall–Kier alpha value is -3.41. The van der Waals surface area contributed by atoms with Crippen LogP contribution in [0.1, 0.15) is 30.8 Å². The Bertz CT molecular complexity index is 1180. The Balaban J connectivity index is 1.74. The van der Waals surface area contributed by atoms with Gasteiger partial charge in [0.15, 0.2) is 0 Å². The van der Waals surface area contributed by atoms with E-state index in [4.69, 9.17) is 4.98 Å². The van der Waals surface area contributed by atoms with Gasteiger partial charge in [-0.05, 0) is 68.8 Å². The fraction of sp³-hybridized carbons (Fsp3) is 0.174. The summed E-state index contributed by atoms with van der Waals surface area (Å²) < 4.78 is 29.2. The summed E-state index contributed by atoms with van der Waals surface area (Å²) in [5.41, 5.74) is 2.75. The average Bonchev–Trinajstić information content (AvgIpc) is 3.14. The molecule has 4 heterocycles. The number of hydrogen-bond donors (Lipinski definition) is 0. The van der Waals surface area contributed by atoms with Gasteiger partial charge in [0.25, 0.3) is 0 Å². The van der Waals surface area contributed by atoms with E-state index in [2.05, 4.69) is 9.97 Å². The molecule has 0 radical (unpaired) electrons. The number of pyridine rings is 3. The largest absolute Gasteiger partial charge is 0.308 e. The number of aryl methyl sites for hydroxylation is 1. The van der Waals surface area contributed by atoms with Crippen LogP contribution in [0, 0.1) is 18.8 Å². The quantitative estimate of drug-likeness (QED) is 0.448. The van der Waals surface area contributed by atoms with Crippen LogP contribution in [-0.2, 0) is 5.41 Å². The zero-order chi connectivity index (χ0) is 20.6. The first-order valence-corrected chi connectivity index (χ1v) is 9.27. The summed E-state index contributed by atoms with van der Waals surface area (Å²) in [6.07, 6.45) is 3.99. The maximum absolute atomic E-state index is 14.1. The molecule has 29 heavy (non-hydrogen) atoms. The van der Waals surface area contributed by atoms with E-state index in [0.29, 0.717) is 5.69 Å². The summed E-state index contributed by atoms with van der Waals surface area (Å²) in [6, 6.07) is 15.7. The first kappa shape index (κ1) is 18.9. The maximum Gasteiger partial charge on any atom is 0.224 e. The zero-order valence-electron chi connectivity index (χ0n) is 16.4. The molecule has 0 N–H and O–H groups in total. The summed E-state index contributed by atoms with van der Waals surface area (Å²) in [5.74, 6) is -0.923. The Morgan fingerprint density at radius 3 is 2.24 bits per heavy atom. The fourth-order valence-electron chi connectivity index (χ4n) is 3.23. The van der Waals surface area contributed by atoms with Crippen molar-refractivity contribution in [2.45, 2.75) is 26.2 Å². The topological polar surface area (TPSA) is 43.6 Å². The molecule has 0 aliphatic rings. The summed E-state index contributed by atoms with van der Waals surface area (Å²) in [7, 11) is 0. The second-order valence-corrected chi connectivity index (χ2v) is 7.48. The monoisotopic (exact) mass is 390 g/mol. The van der Waals surface area contributed by atoms with E-state index >= 15 is 0 Å². The van der Waals surface area contributed by atoms with Gasteiger partial charge in [0.1, 0.15) is 5.82 Å². The molecule has 146 valence electrons. The van der Waals surface area contributed by atoms with Gasteiger partial charge in [0, 0.05) is 17.8 Å². The van der Waals surface area contributed by atoms with Gasteiger partial charge in [-0.3, -0.25) is 4.98 Å². The molecule has 0 spiro atoms. The Morgan fingerprint density at radius 1 is 0.828 bits per heavy atom. The van der Waals surface area contributed by atoms with Crippen LogP contribution in [0.4, 0.5) is 8.78 Å². The van der Waals surface area contributed by atoms with Crippen LogP contribution in [0.5, 0.6) is 0 Å². The Labute approximate surface area is 167 Å². The molecule has 0 atom stereocenters. The maximum atomic E-state index is 14.1. The molecule has 0 fully saturated rings. The summed E-state index contributed by atoms with van der Waals surface area (Å²) in [5, 5.41) is 0. The van der Waals surface area contributed by atoms with Gasteiger partial charge in [-0.15, -0.1) is 0 Å². The highest BCUT2D eigenvalue weighted by Crippen LogP contribution is 2.31. The van der Waals surface area contributed by atoms with E-state index in [0.717, 1.165) is 28.8 Å². The zero-order valence-corrected chi connectivity index (χ0v) is 16.4. The summed E-state index contributed by atoms with van der Waals surface area (Å²) >= 11 is 0. The molecule has 0 amide bonds. The van der Waals surface area contributed by atoms with Crippen molar-refractivity contribution in [2.24, 2.45) is 0 Å². The first-order chi connectivity index (χ1) is 13.8. The highest BCUT2D eigenvalue weighted by atomic mass is 19.1. The van der Waals surface area contributed by atoms with Gasteiger partial charge in [-0.2, -0.15) is 13.8 Å². The third-order valence-electron chi connectivity index (χ3n) is 4.96. The SMILES string of the molecule is Cc1ccn(-c2cccc(C(C)(C)c3cccc(-c4ccc(F)nc4F)n3)n2)c1. The van der Waals surface area contributed by atoms with Crippen molar-refractivity contribution >= 4 is 0 Å². The van der Waals surface area contributed by atoms with Gasteiger partial charge < -0.3 is 4.57 Å². The van der Waals surface area contributed by atoms with Crippen molar-refractivity contribution in [3.8, 4) is 17.1 Å². The van der Waals surface area contributed by atoms with Crippen LogP contribution >= 0.6 is 0 Å². The van der Waals surface area contributed by atoms with Gasteiger partial charge in [0.05, 0.1) is 22.6 Å². The Kier molecular flexibility index (Phi) is 4.70. The smallest absolute Gasteiger partial charge is 0.224 e. The molecular weight excluding hydrogens is 370 g/mol. The van der Waals surface area contributed by atoms with Crippen molar-refractivity contribution < 1.29 is 8.78 Å². The normalized spacial score (nSPS) is 11.6. The van der Waals surface area contributed by atoms with Crippen LogP contribution < -0.4 is 0 Å². The molecule has 0 saturated heterocycles. The molecule has 0 unspecified atom stereocenters. The first-order valence-electron chi connectivity index (χ1n) is 9.27. The highest BCUT2D eigenvalue weighted by Gasteiger charge is 2.27. The summed E-state index contributed by atoms with van der Waals surface area (Å²) in [6.45, 7) is 6.07. The number of halogens is 2. The second-order valence-electron chi connectivity index (χ2n) is 7.48. The number of aromatic nitrogens is 4. The van der Waals surface area contributed by atoms with E-state index < -0.39 is 17.3 Å². The van der Waals surface area contributed by atoms with Gasteiger partial charge in [0.2, 0.25) is 11.9 Å². The molecule has 0 aliphatic heterocycles. The fourth-order valence-corrected chi connectivity index (χ4v) is 3.23. The van der Waals surface area contributed by atoms with Gasteiger partial charge in [-0.1, -0.05) is 12.1 Å². The Morgan fingerprint density at radius 2 is 1.55 bits per heavy atom. The minimum Gasteiger partial charge on any atom is -0.308 e. The molecule has 0 saturated carbocycles. The minimum absolute atomic E-state index is 0.161. The second kappa shape index (κ2) is 7.20. The van der Waals surface area contributed by atoms with E-state index in [1.807, 2.05) is 68.1 Å². The lowest BCUT2D eigenvalue weighted by Gasteiger charge is -2.24. The van der Waals surface area contributed by atoms with Crippen molar-refractivity contribution in [3.05, 3.63) is 95.8 Å². The molecule has 6 heteroatoms. The van der Waals surface area contributed by atoms with Crippen LogP contribution in [0.25, 0.3) is 17.1 Å². The van der Waals surface area contributed by atoms with Crippen molar-refractivity contribution in [1.29, 1.82) is 0 Å². The molecular formula is C23H20F2N4. The lowest BCUT2D eigenvalue weighted by Crippen LogP contribution is -2.23. The number of nitrogens with zero attached hydrogens (tertiary/aromatic N) is 4. The number of hydrogen-bond acceptors (Lipinski definition) is 3. The van der Waals surface area contributed by atoms with Crippen LogP contribution in [-0.4, -0.2) is 19.5 Å². The predicted octanol–water partition coefficient (Wildman–Crippen LogP) is 5.24. The molecule has 4 nitrogen and oxygen atoms in total. The number of rotatable bonds is 4. The minimum atomic E-state index is -0.879. The molecule has 4 aromatic rings. The molecule has 0 bridgehead atoms. The third-order valence-corrected chi connectivity index (χ3v) is 4.96. The molecule has 0 aliphatic carbocycles.